The highest BCUT2D eigenvalue weighted by Crippen LogP contribution is 2.34. The van der Waals surface area contributed by atoms with Gasteiger partial charge in [0.2, 0.25) is 11.9 Å². The van der Waals surface area contributed by atoms with Gasteiger partial charge in [0.1, 0.15) is 0 Å². The second kappa shape index (κ2) is 10.0. The molecule has 2 N–H and O–H groups in total. The first-order chi connectivity index (χ1) is 17.0. The van der Waals surface area contributed by atoms with E-state index in [-0.39, 0.29) is 18.2 Å². The fourth-order valence-electron chi connectivity index (χ4n) is 4.47. The SMILES string of the molecule is CN(CC1CCOCC1)C(=O)c1ccc(Nc2ncc3c(n2)-c2ccc(Cl)cc2NC(=O)C3)cc1. The number of aromatic nitrogens is 2. The summed E-state index contributed by atoms with van der Waals surface area (Å²) in [6.45, 7) is 2.27. The van der Waals surface area contributed by atoms with Gasteiger partial charge in [-0.25, -0.2) is 9.97 Å². The van der Waals surface area contributed by atoms with E-state index < -0.39 is 0 Å². The molecule has 0 spiro atoms. The summed E-state index contributed by atoms with van der Waals surface area (Å²) in [4.78, 5) is 36.0. The second-order valence-corrected chi connectivity index (χ2v) is 9.36. The highest BCUT2D eigenvalue weighted by atomic mass is 35.5. The average molecular weight is 492 g/mol. The summed E-state index contributed by atoms with van der Waals surface area (Å²) in [7, 11) is 1.85. The summed E-state index contributed by atoms with van der Waals surface area (Å²) >= 11 is 6.12. The Kier molecular flexibility index (Phi) is 6.66. The number of anilines is 3. The van der Waals surface area contributed by atoms with Gasteiger partial charge in [-0.1, -0.05) is 11.6 Å². The molecular formula is C26H26ClN5O3. The van der Waals surface area contributed by atoms with E-state index in [1.165, 1.54) is 0 Å². The monoisotopic (exact) mass is 491 g/mol. The number of carbonyl (C=O) groups excluding carboxylic acids is 2. The lowest BCUT2D eigenvalue weighted by atomic mass is 9.99. The molecule has 2 amide bonds. The number of halogens is 1. The summed E-state index contributed by atoms with van der Waals surface area (Å²) in [5.74, 6) is 0.737. The Morgan fingerprint density at radius 3 is 2.74 bits per heavy atom. The van der Waals surface area contributed by atoms with Crippen LogP contribution in [0.25, 0.3) is 11.3 Å². The van der Waals surface area contributed by atoms with Crippen LogP contribution >= 0.6 is 11.6 Å². The van der Waals surface area contributed by atoms with Gasteiger partial charge >= 0.3 is 0 Å². The molecule has 0 bridgehead atoms. The molecule has 2 aromatic carbocycles. The number of hydrogen-bond acceptors (Lipinski definition) is 6. The topological polar surface area (TPSA) is 96.4 Å². The van der Waals surface area contributed by atoms with Crippen LogP contribution in [0.5, 0.6) is 0 Å². The van der Waals surface area contributed by atoms with Crippen molar-refractivity contribution in [2.24, 2.45) is 5.92 Å². The first kappa shape index (κ1) is 23.3. The summed E-state index contributed by atoms with van der Waals surface area (Å²) in [5, 5.41) is 6.61. The van der Waals surface area contributed by atoms with Crippen LogP contribution in [0.4, 0.5) is 17.3 Å². The van der Waals surface area contributed by atoms with E-state index >= 15 is 0 Å². The Labute approximate surface area is 208 Å². The van der Waals surface area contributed by atoms with E-state index in [0.717, 1.165) is 49.4 Å². The van der Waals surface area contributed by atoms with E-state index in [1.807, 2.05) is 25.2 Å². The molecule has 1 aromatic heterocycles. The van der Waals surface area contributed by atoms with Crippen molar-refractivity contribution in [3.8, 4) is 11.3 Å². The van der Waals surface area contributed by atoms with Gasteiger partial charge in [0, 0.05) is 60.4 Å². The number of ether oxygens (including phenoxy) is 1. The first-order valence-electron chi connectivity index (χ1n) is 11.6. The van der Waals surface area contributed by atoms with Gasteiger partial charge in [-0.15, -0.1) is 0 Å². The Balaban J connectivity index is 1.31. The Morgan fingerprint density at radius 1 is 1.20 bits per heavy atom. The molecule has 0 atom stereocenters. The number of amides is 2. The van der Waals surface area contributed by atoms with Crippen LogP contribution in [0, 0.1) is 5.92 Å². The van der Waals surface area contributed by atoms with Crippen molar-refractivity contribution in [3.05, 3.63) is 64.8 Å². The van der Waals surface area contributed by atoms with Crippen LogP contribution in [0.3, 0.4) is 0 Å². The molecule has 9 heteroatoms. The molecule has 0 saturated carbocycles. The average Bonchev–Trinajstić information content (AvgIpc) is 2.99. The minimum absolute atomic E-state index is 0.00300. The van der Waals surface area contributed by atoms with Crippen LogP contribution in [0.2, 0.25) is 5.02 Å². The largest absolute Gasteiger partial charge is 0.381 e. The van der Waals surface area contributed by atoms with Gasteiger partial charge in [0.05, 0.1) is 17.8 Å². The standard InChI is InChI=1S/C26H26ClN5O3/c1-32(15-16-8-10-35-11-9-16)25(34)17-2-5-20(6-3-17)29-26-28-14-18-12-23(33)30-22-13-19(27)4-7-21(22)24(18)31-26/h2-7,13-14,16H,8-12,15H2,1H3,(H,30,33)(H,28,29,31). The molecule has 0 unspecified atom stereocenters. The van der Waals surface area contributed by atoms with Crippen LogP contribution in [-0.2, 0) is 16.0 Å². The maximum atomic E-state index is 12.9. The normalized spacial score (nSPS) is 15.4. The van der Waals surface area contributed by atoms with E-state index in [4.69, 9.17) is 16.3 Å². The lowest BCUT2D eigenvalue weighted by molar-refractivity contribution is -0.115. The molecule has 3 aromatic rings. The Hall–Kier alpha value is -3.49. The predicted molar refractivity (Wildman–Crippen MR) is 135 cm³/mol. The number of fused-ring (bicyclic) bond motifs is 3. The molecule has 0 aliphatic carbocycles. The zero-order valence-electron chi connectivity index (χ0n) is 19.4. The molecule has 8 nitrogen and oxygen atoms in total. The van der Waals surface area contributed by atoms with Gasteiger partial charge in [0.25, 0.3) is 5.91 Å². The maximum absolute atomic E-state index is 12.9. The van der Waals surface area contributed by atoms with Crippen molar-refractivity contribution in [2.45, 2.75) is 19.3 Å². The van der Waals surface area contributed by atoms with Crippen molar-refractivity contribution in [1.29, 1.82) is 0 Å². The maximum Gasteiger partial charge on any atom is 0.253 e. The first-order valence-corrected chi connectivity index (χ1v) is 12.0. The minimum atomic E-state index is -0.140. The highest BCUT2D eigenvalue weighted by molar-refractivity contribution is 6.31. The fraction of sp³-hybridized carbons (Fsp3) is 0.308. The van der Waals surface area contributed by atoms with E-state index in [9.17, 15) is 9.59 Å². The van der Waals surface area contributed by atoms with Crippen LogP contribution in [0.1, 0.15) is 28.8 Å². The Bertz CT molecular complexity index is 1260. The summed E-state index contributed by atoms with van der Waals surface area (Å²) in [6, 6.07) is 12.6. The summed E-state index contributed by atoms with van der Waals surface area (Å²) < 4.78 is 5.41. The molecule has 5 rings (SSSR count). The van der Waals surface area contributed by atoms with Crippen molar-refractivity contribution in [1.82, 2.24) is 14.9 Å². The molecular weight excluding hydrogens is 466 g/mol. The lowest BCUT2D eigenvalue weighted by Gasteiger charge is -2.27. The van der Waals surface area contributed by atoms with Gasteiger partial charge in [-0.2, -0.15) is 0 Å². The van der Waals surface area contributed by atoms with Gasteiger partial charge in [-0.05, 0) is 61.2 Å². The van der Waals surface area contributed by atoms with Crippen LogP contribution in [0.15, 0.2) is 48.7 Å². The number of rotatable bonds is 5. The smallest absolute Gasteiger partial charge is 0.253 e. The molecule has 2 aliphatic heterocycles. The zero-order chi connectivity index (χ0) is 24.4. The third-order valence-corrected chi connectivity index (χ3v) is 6.57. The lowest BCUT2D eigenvalue weighted by Crippen LogP contribution is -2.34. The summed E-state index contributed by atoms with van der Waals surface area (Å²) in [5.41, 5.74) is 4.21. The predicted octanol–water partition coefficient (Wildman–Crippen LogP) is 4.53. The number of benzene rings is 2. The van der Waals surface area contributed by atoms with Crippen molar-refractivity contribution in [3.63, 3.8) is 0 Å². The molecule has 3 heterocycles. The van der Waals surface area contributed by atoms with Crippen molar-refractivity contribution >= 4 is 40.7 Å². The zero-order valence-corrected chi connectivity index (χ0v) is 20.1. The van der Waals surface area contributed by atoms with Crippen molar-refractivity contribution in [2.75, 3.05) is 37.4 Å². The number of nitrogens with one attached hydrogen (secondary N) is 2. The fourth-order valence-corrected chi connectivity index (χ4v) is 4.64. The second-order valence-electron chi connectivity index (χ2n) is 8.93. The minimum Gasteiger partial charge on any atom is -0.381 e. The molecule has 1 fully saturated rings. The molecule has 35 heavy (non-hydrogen) atoms. The van der Waals surface area contributed by atoms with E-state index in [2.05, 4.69) is 20.6 Å². The van der Waals surface area contributed by atoms with E-state index in [1.54, 1.807) is 35.4 Å². The highest BCUT2D eigenvalue weighted by Gasteiger charge is 2.22. The van der Waals surface area contributed by atoms with Gasteiger partial charge < -0.3 is 20.3 Å². The number of carbonyl (C=O) groups is 2. The number of hydrogen-bond donors (Lipinski definition) is 2. The Morgan fingerprint density at radius 2 is 1.97 bits per heavy atom. The van der Waals surface area contributed by atoms with Gasteiger partial charge in [0.15, 0.2) is 0 Å². The number of nitrogens with zero attached hydrogens (tertiary/aromatic N) is 3. The molecule has 180 valence electrons. The van der Waals surface area contributed by atoms with E-state index in [0.29, 0.717) is 33.8 Å². The van der Waals surface area contributed by atoms with Gasteiger partial charge in [-0.3, -0.25) is 9.59 Å². The quantitative estimate of drug-likeness (QED) is 0.544. The summed E-state index contributed by atoms with van der Waals surface area (Å²) in [6.07, 6.45) is 3.82. The van der Waals surface area contributed by atoms with Crippen LogP contribution in [-0.4, -0.2) is 53.5 Å². The molecule has 1 saturated heterocycles. The van der Waals surface area contributed by atoms with Crippen molar-refractivity contribution < 1.29 is 14.3 Å². The molecule has 0 radical (unpaired) electrons. The van der Waals surface area contributed by atoms with Crippen LogP contribution < -0.4 is 10.6 Å². The third-order valence-electron chi connectivity index (χ3n) is 6.33. The third kappa shape index (κ3) is 5.28. The molecule has 2 aliphatic rings.